The van der Waals surface area contributed by atoms with Crippen LogP contribution in [-0.2, 0) is 6.42 Å². The average molecular weight is 274 g/mol. The quantitative estimate of drug-likeness (QED) is 0.733. The number of benzene rings is 2. The fourth-order valence-electron chi connectivity index (χ4n) is 1.89. The third-order valence-electron chi connectivity index (χ3n) is 2.92. The number of carbonyl (C=O) groups is 1. The predicted molar refractivity (Wildman–Crippen MR) is 76.4 cm³/mol. The maximum atomic E-state index is 13.0. The monoisotopic (exact) mass is 274 g/mol. The number of rotatable bonds is 5. The molecular weight excluding hydrogens is 259 g/mol. The Bertz CT molecular complexity index is 629. The Morgan fingerprint density at radius 3 is 2.70 bits per heavy atom. The molecule has 104 valence electrons. The largest absolute Gasteiger partial charge is 0.478 e. The summed E-state index contributed by atoms with van der Waals surface area (Å²) < 4.78 is 13.0. The van der Waals surface area contributed by atoms with E-state index in [4.69, 9.17) is 10.8 Å². The molecule has 0 aliphatic carbocycles. The molecule has 0 aliphatic heterocycles. The maximum absolute atomic E-state index is 13.0. The van der Waals surface area contributed by atoms with Gasteiger partial charge in [0.15, 0.2) is 0 Å². The lowest BCUT2D eigenvalue weighted by atomic mass is 10.1. The number of hydrogen-bond acceptors (Lipinski definition) is 3. The molecule has 0 atom stereocenters. The lowest BCUT2D eigenvalue weighted by Crippen LogP contribution is -2.08. The van der Waals surface area contributed by atoms with Gasteiger partial charge in [0.05, 0.1) is 16.9 Å². The van der Waals surface area contributed by atoms with Crippen LogP contribution in [0.15, 0.2) is 42.5 Å². The van der Waals surface area contributed by atoms with E-state index in [0.29, 0.717) is 24.3 Å². The van der Waals surface area contributed by atoms with Crippen molar-refractivity contribution in [2.24, 2.45) is 0 Å². The second kappa shape index (κ2) is 6.06. The van der Waals surface area contributed by atoms with Crippen LogP contribution in [-0.4, -0.2) is 17.6 Å². The van der Waals surface area contributed by atoms with Crippen LogP contribution in [0.25, 0.3) is 0 Å². The van der Waals surface area contributed by atoms with Crippen LogP contribution in [0.1, 0.15) is 15.9 Å². The standard InChI is InChI=1S/C15H15FN2O2/c16-12-3-1-2-10(8-12)6-7-18-14-5-4-11(15(19)20)9-13(14)17/h1-5,8-9,18H,6-7,17H2,(H,19,20). The molecule has 0 heterocycles. The zero-order chi connectivity index (χ0) is 14.5. The minimum Gasteiger partial charge on any atom is -0.478 e. The van der Waals surface area contributed by atoms with Crippen LogP contribution in [0.4, 0.5) is 15.8 Å². The second-order valence-corrected chi connectivity index (χ2v) is 4.41. The van der Waals surface area contributed by atoms with Gasteiger partial charge < -0.3 is 16.2 Å². The summed E-state index contributed by atoms with van der Waals surface area (Å²) in [4.78, 5) is 10.8. The Kier molecular flexibility index (Phi) is 4.20. The van der Waals surface area contributed by atoms with Gasteiger partial charge in [0, 0.05) is 6.54 Å². The molecule has 0 unspecified atom stereocenters. The van der Waals surface area contributed by atoms with Crippen molar-refractivity contribution in [3.8, 4) is 0 Å². The molecule has 0 radical (unpaired) electrons. The molecule has 4 N–H and O–H groups in total. The Balaban J connectivity index is 1.96. The zero-order valence-corrected chi connectivity index (χ0v) is 10.8. The van der Waals surface area contributed by atoms with E-state index in [-0.39, 0.29) is 11.4 Å². The van der Waals surface area contributed by atoms with Gasteiger partial charge in [0.25, 0.3) is 0 Å². The first-order chi connectivity index (χ1) is 9.56. The first-order valence-electron chi connectivity index (χ1n) is 6.17. The summed E-state index contributed by atoms with van der Waals surface area (Å²) in [5.41, 5.74) is 7.87. The summed E-state index contributed by atoms with van der Waals surface area (Å²) in [5.74, 6) is -1.27. The Hall–Kier alpha value is -2.56. The van der Waals surface area contributed by atoms with Gasteiger partial charge in [-0.1, -0.05) is 12.1 Å². The lowest BCUT2D eigenvalue weighted by molar-refractivity contribution is 0.0697. The van der Waals surface area contributed by atoms with Crippen molar-refractivity contribution in [3.05, 3.63) is 59.4 Å². The summed E-state index contributed by atoms with van der Waals surface area (Å²) in [6.45, 7) is 0.583. The summed E-state index contributed by atoms with van der Waals surface area (Å²) in [6.07, 6.45) is 0.651. The molecule has 0 amide bonds. The molecule has 20 heavy (non-hydrogen) atoms. The van der Waals surface area contributed by atoms with Crippen molar-refractivity contribution in [2.75, 3.05) is 17.6 Å². The molecule has 0 bridgehead atoms. The van der Waals surface area contributed by atoms with Gasteiger partial charge in [-0.2, -0.15) is 0 Å². The Morgan fingerprint density at radius 1 is 1.25 bits per heavy atom. The molecule has 2 aromatic rings. The highest BCUT2D eigenvalue weighted by atomic mass is 19.1. The van der Waals surface area contributed by atoms with Crippen molar-refractivity contribution in [1.29, 1.82) is 0 Å². The first kappa shape index (κ1) is 13.9. The van der Waals surface area contributed by atoms with E-state index < -0.39 is 5.97 Å². The van der Waals surface area contributed by atoms with Crippen molar-refractivity contribution in [1.82, 2.24) is 0 Å². The van der Waals surface area contributed by atoms with Crippen LogP contribution in [0.2, 0.25) is 0 Å². The van der Waals surface area contributed by atoms with Crippen molar-refractivity contribution in [2.45, 2.75) is 6.42 Å². The normalized spacial score (nSPS) is 10.2. The summed E-state index contributed by atoms with van der Waals surface area (Å²) in [6, 6.07) is 10.9. The fourth-order valence-corrected chi connectivity index (χ4v) is 1.89. The molecule has 0 saturated heterocycles. The number of anilines is 2. The molecule has 0 fully saturated rings. The second-order valence-electron chi connectivity index (χ2n) is 4.41. The number of carboxylic acid groups (broad SMARTS) is 1. The van der Waals surface area contributed by atoms with Gasteiger partial charge in [0.1, 0.15) is 5.82 Å². The van der Waals surface area contributed by atoms with E-state index in [2.05, 4.69) is 5.32 Å². The Labute approximate surface area is 116 Å². The SMILES string of the molecule is Nc1cc(C(=O)O)ccc1NCCc1cccc(F)c1. The van der Waals surface area contributed by atoms with Crippen LogP contribution < -0.4 is 11.1 Å². The summed E-state index contributed by atoms with van der Waals surface area (Å²) in [5, 5.41) is 11.9. The summed E-state index contributed by atoms with van der Waals surface area (Å²) >= 11 is 0. The van der Waals surface area contributed by atoms with Crippen molar-refractivity contribution < 1.29 is 14.3 Å². The highest BCUT2D eigenvalue weighted by Crippen LogP contribution is 2.20. The highest BCUT2D eigenvalue weighted by molar-refractivity contribution is 5.90. The molecule has 5 heteroatoms. The number of nitrogens with two attached hydrogens (primary N) is 1. The number of nitrogens with one attached hydrogen (secondary N) is 1. The molecule has 4 nitrogen and oxygen atoms in total. The first-order valence-corrected chi connectivity index (χ1v) is 6.17. The molecule has 0 aromatic heterocycles. The highest BCUT2D eigenvalue weighted by Gasteiger charge is 2.06. The smallest absolute Gasteiger partial charge is 0.335 e. The van der Waals surface area contributed by atoms with Crippen LogP contribution in [0.3, 0.4) is 0 Å². The van der Waals surface area contributed by atoms with E-state index in [9.17, 15) is 9.18 Å². The van der Waals surface area contributed by atoms with E-state index in [1.165, 1.54) is 24.3 Å². The average Bonchev–Trinajstić information content (AvgIpc) is 2.40. The molecule has 2 rings (SSSR count). The fraction of sp³-hybridized carbons (Fsp3) is 0.133. The summed E-state index contributed by atoms with van der Waals surface area (Å²) in [7, 11) is 0. The van der Waals surface area contributed by atoms with E-state index in [1.807, 2.05) is 6.07 Å². The Morgan fingerprint density at radius 2 is 2.05 bits per heavy atom. The lowest BCUT2D eigenvalue weighted by Gasteiger charge is -2.10. The zero-order valence-electron chi connectivity index (χ0n) is 10.8. The van der Waals surface area contributed by atoms with E-state index in [1.54, 1.807) is 12.1 Å². The third kappa shape index (κ3) is 3.47. The molecular formula is C15H15FN2O2. The molecule has 0 aliphatic rings. The number of halogens is 1. The van der Waals surface area contributed by atoms with E-state index >= 15 is 0 Å². The predicted octanol–water partition coefficient (Wildman–Crippen LogP) is 2.76. The number of hydrogen-bond donors (Lipinski definition) is 3. The minimum absolute atomic E-state index is 0.151. The molecule has 0 spiro atoms. The number of aromatic carboxylic acids is 1. The van der Waals surface area contributed by atoms with Crippen LogP contribution >= 0.6 is 0 Å². The van der Waals surface area contributed by atoms with Gasteiger partial charge in [-0.15, -0.1) is 0 Å². The van der Waals surface area contributed by atoms with Crippen LogP contribution in [0.5, 0.6) is 0 Å². The van der Waals surface area contributed by atoms with Gasteiger partial charge in [0.2, 0.25) is 0 Å². The van der Waals surface area contributed by atoms with Crippen molar-refractivity contribution in [3.63, 3.8) is 0 Å². The van der Waals surface area contributed by atoms with Crippen molar-refractivity contribution >= 4 is 17.3 Å². The molecule has 0 saturated carbocycles. The number of carboxylic acids is 1. The van der Waals surface area contributed by atoms with Gasteiger partial charge >= 0.3 is 5.97 Å². The molecule has 2 aromatic carbocycles. The van der Waals surface area contributed by atoms with E-state index in [0.717, 1.165) is 5.56 Å². The maximum Gasteiger partial charge on any atom is 0.335 e. The third-order valence-corrected chi connectivity index (χ3v) is 2.92. The van der Waals surface area contributed by atoms with Gasteiger partial charge in [-0.05, 0) is 42.3 Å². The topological polar surface area (TPSA) is 75.4 Å². The number of nitrogen functional groups attached to an aromatic ring is 1. The van der Waals surface area contributed by atoms with Crippen LogP contribution in [0, 0.1) is 5.82 Å². The van der Waals surface area contributed by atoms with Gasteiger partial charge in [-0.25, -0.2) is 9.18 Å². The van der Waals surface area contributed by atoms with Gasteiger partial charge in [-0.3, -0.25) is 0 Å². The minimum atomic E-state index is -1.01.